The number of carbonyl (C=O) groups is 1. The lowest BCUT2D eigenvalue weighted by atomic mass is 10.1. The van der Waals surface area contributed by atoms with Gasteiger partial charge in [0.2, 0.25) is 9.84 Å². The summed E-state index contributed by atoms with van der Waals surface area (Å²) >= 11 is 0. The van der Waals surface area contributed by atoms with E-state index in [1.807, 2.05) is 43.3 Å². The van der Waals surface area contributed by atoms with Crippen LogP contribution in [-0.2, 0) is 14.6 Å². The lowest BCUT2D eigenvalue weighted by molar-refractivity contribution is -0.127. The summed E-state index contributed by atoms with van der Waals surface area (Å²) in [4.78, 5) is 18.6. The molecule has 2 aliphatic rings. The Kier molecular flexibility index (Phi) is 5.08. The number of hydrogen-bond donors (Lipinski definition) is 0. The van der Waals surface area contributed by atoms with Crippen LogP contribution in [0, 0.1) is 0 Å². The van der Waals surface area contributed by atoms with Gasteiger partial charge in [-0.2, -0.15) is 0 Å². The number of benzene rings is 2. The zero-order valence-corrected chi connectivity index (χ0v) is 17.5. The van der Waals surface area contributed by atoms with Gasteiger partial charge in [0, 0.05) is 44.8 Å². The lowest BCUT2D eigenvalue weighted by Gasteiger charge is -2.32. The number of hydrogen-bond acceptors (Lipinski definition) is 5. The molecule has 2 aromatic rings. The molecule has 0 unspecified atom stereocenters. The summed E-state index contributed by atoms with van der Waals surface area (Å²) in [7, 11) is 0.0568. The SMILES string of the molecule is CN(C)c1ccc(N2C=C(C(=O)N3CCCCC3)S(=O)(=O)c3ccccc32)cc1. The van der Waals surface area contributed by atoms with Gasteiger partial charge in [-0.3, -0.25) is 4.79 Å². The first-order valence-corrected chi connectivity index (χ1v) is 11.3. The van der Waals surface area contributed by atoms with Crippen molar-refractivity contribution in [3.63, 3.8) is 0 Å². The van der Waals surface area contributed by atoms with Gasteiger partial charge in [0.25, 0.3) is 5.91 Å². The molecule has 0 aromatic heterocycles. The van der Waals surface area contributed by atoms with E-state index >= 15 is 0 Å². The largest absolute Gasteiger partial charge is 0.378 e. The molecule has 1 saturated heterocycles. The summed E-state index contributed by atoms with van der Waals surface area (Å²) in [6.07, 6.45) is 4.37. The van der Waals surface area contributed by atoms with Crippen molar-refractivity contribution in [1.29, 1.82) is 0 Å². The van der Waals surface area contributed by atoms with Gasteiger partial charge in [-0.25, -0.2) is 8.42 Å². The Morgan fingerprint density at radius 2 is 1.59 bits per heavy atom. The molecule has 0 atom stereocenters. The Balaban J connectivity index is 1.81. The van der Waals surface area contributed by atoms with Crippen LogP contribution in [0.2, 0.25) is 0 Å². The maximum Gasteiger partial charge on any atom is 0.267 e. The molecule has 4 rings (SSSR count). The van der Waals surface area contributed by atoms with Crippen LogP contribution in [0.3, 0.4) is 0 Å². The van der Waals surface area contributed by atoms with Crippen molar-refractivity contribution in [1.82, 2.24) is 4.90 Å². The number of likely N-dealkylation sites (tertiary alicyclic amines) is 1. The van der Waals surface area contributed by atoms with Crippen molar-refractivity contribution in [2.24, 2.45) is 0 Å². The molecule has 0 radical (unpaired) electrons. The fourth-order valence-corrected chi connectivity index (χ4v) is 5.35. The number of sulfone groups is 1. The Morgan fingerprint density at radius 1 is 0.931 bits per heavy atom. The highest BCUT2D eigenvalue weighted by atomic mass is 32.2. The molecule has 1 amide bonds. The van der Waals surface area contributed by atoms with E-state index in [-0.39, 0.29) is 9.80 Å². The van der Waals surface area contributed by atoms with Crippen LogP contribution in [-0.4, -0.2) is 46.4 Å². The minimum atomic E-state index is -3.87. The summed E-state index contributed by atoms with van der Waals surface area (Å²) in [5.41, 5.74) is 2.41. The topological polar surface area (TPSA) is 60.9 Å². The molecule has 29 heavy (non-hydrogen) atoms. The van der Waals surface area contributed by atoms with Crippen LogP contribution >= 0.6 is 0 Å². The average Bonchev–Trinajstić information content (AvgIpc) is 2.74. The highest BCUT2D eigenvalue weighted by molar-refractivity contribution is 7.96. The first-order valence-electron chi connectivity index (χ1n) is 9.81. The van der Waals surface area contributed by atoms with E-state index in [0.717, 1.165) is 30.6 Å². The summed E-state index contributed by atoms with van der Waals surface area (Å²) < 4.78 is 26.5. The van der Waals surface area contributed by atoms with Gasteiger partial charge in [-0.15, -0.1) is 0 Å². The fourth-order valence-electron chi connectivity index (χ4n) is 3.81. The van der Waals surface area contributed by atoms with Crippen LogP contribution in [0.5, 0.6) is 0 Å². The molecule has 1 fully saturated rings. The van der Waals surface area contributed by atoms with Crippen molar-refractivity contribution in [2.45, 2.75) is 24.2 Å². The summed E-state index contributed by atoms with van der Waals surface area (Å²) in [6.45, 7) is 1.20. The van der Waals surface area contributed by atoms with Gasteiger partial charge in [0.05, 0.1) is 10.6 Å². The molecule has 0 aliphatic carbocycles. The second-order valence-electron chi connectivity index (χ2n) is 7.60. The molecule has 2 aromatic carbocycles. The number of anilines is 3. The molecule has 6 nitrogen and oxygen atoms in total. The summed E-state index contributed by atoms with van der Waals surface area (Å²) in [5, 5.41) is 0. The molecule has 0 saturated carbocycles. The second-order valence-corrected chi connectivity index (χ2v) is 9.48. The highest BCUT2D eigenvalue weighted by Gasteiger charge is 2.37. The van der Waals surface area contributed by atoms with Crippen LogP contribution < -0.4 is 9.80 Å². The van der Waals surface area contributed by atoms with E-state index in [9.17, 15) is 13.2 Å². The van der Waals surface area contributed by atoms with Gasteiger partial charge in [0.15, 0.2) is 4.91 Å². The van der Waals surface area contributed by atoms with E-state index in [2.05, 4.69) is 0 Å². The van der Waals surface area contributed by atoms with Gasteiger partial charge >= 0.3 is 0 Å². The molecule has 0 N–H and O–H groups in total. The number of fused-ring (bicyclic) bond motifs is 1. The monoisotopic (exact) mass is 411 g/mol. The zero-order chi connectivity index (χ0) is 20.6. The number of carbonyl (C=O) groups excluding carboxylic acids is 1. The quantitative estimate of drug-likeness (QED) is 0.773. The lowest BCUT2D eigenvalue weighted by Crippen LogP contribution is -2.39. The standard InChI is InChI=1S/C22H25N3O3S/c1-23(2)17-10-12-18(13-11-17)25-16-21(22(26)24-14-6-3-7-15-24)29(27,28)20-9-5-4-8-19(20)25/h4-5,8-13,16H,3,6-7,14-15H2,1-2H3. The average molecular weight is 412 g/mol. The van der Waals surface area contributed by atoms with Gasteiger partial charge in [0.1, 0.15) is 0 Å². The van der Waals surface area contributed by atoms with Crippen LogP contribution in [0.4, 0.5) is 17.1 Å². The van der Waals surface area contributed by atoms with Gasteiger partial charge in [-0.1, -0.05) is 12.1 Å². The Labute approximate surface area is 172 Å². The number of para-hydroxylation sites is 1. The molecular weight excluding hydrogens is 386 g/mol. The van der Waals surface area contributed by atoms with E-state index in [0.29, 0.717) is 18.8 Å². The first kappa shape index (κ1) is 19.5. The number of rotatable bonds is 3. The molecule has 2 aliphatic heterocycles. The van der Waals surface area contributed by atoms with Crippen LogP contribution in [0.1, 0.15) is 19.3 Å². The van der Waals surface area contributed by atoms with E-state index in [1.54, 1.807) is 34.1 Å². The molecule has 2 heterocycles. The number of piperidine rings is 1. The summed E-state index contributed by atoms with van der Waals surface area (Å²) in [5.74, 6) is -0.408. The van der Waals surface area contributed by atoms with E-state index < -0.39 is 15.7 Å². The highest BCUT2D eigenvalue weighted by Crippen LogP contribution is 2.40. The normalized spacial score (nSPS) is 18.1. The minimum absolute atomic E-state index is 0.158. The third-order valence-corrected chi connectivity index (χ3v) is 7.23. The van der Waals surface area contributed by atoms with E-state index in [1.165, 1.54) is 6.20 Å². The smallest absolute Gasteiger partial charge is 0.267 e. The molecular formula is C22H25N3O3S. The third kappa shape index (κ3) is 3.51. The van der Waals surface area contributed by atoms with Crippen molar-refractivity contribution in [2.75, 3.05) is 37.0 Å². The van der Waals surface area contributed by atoms with Crippen LogP contribution in [0.15, 0.2) is 64.5 Å². The number of amides is 1. The molecule has 152 valence electrons. The van der Waals surface area contributed by atoms with E-state index in [4.69, 9.17) is 0 Å². The van der Waals surface area contributed by atoms with Gasteiger partial charge in [-0.05, 0) is 55.7 Å². The van der Waals surface area contributed by atoms with Crippen LogP contribution in [0.25, 0.3) is 0 Å². The van der Waals surface area contributed by atoms with Gasteiger partial charge < -0.3 is 14.7 Å². The molecule has 7 heteroatoms. The first-order chi connectivity index (χ1) is 13.9. The predicted molar refractivity (Wildman–Crippen MR) is 115 cm³/mol. The zero-order valence-electron chi connectivity index (χ0n) is 16.7. The second kappa shape index (κ2) is 7.55. The molecule has 0 bridgehead atoms. The Morgan fingerprint density at radius 3 is 2.24 bits per heavy atom. The minimum Gasteiger partial charge on any atom is -0.378 e. The predicted octanol–water partition coefficient (Wildman–Crippen LogP) is 3.53. The third-order valence-electron chi connectivity index (χ3n) is 5.45. The maximum atomic E-state index is 13.3. The van der Waals surface area contributed by atoms with Crippen molar-refractivity contribution >= 4 is 32.8 Å². The van der Waals surface area contributed by atoms with Crippen molar-refractivity contribution < 1.29 is 13.2 Å². The molecule has 0 spiro atoms. The van der Waals surface area contributed by atoms with Crippen molar-refractivity contribution in [3.05, 3.63) is 59.6 Å². The Hall–Kier alpha value is -2.80. The Bertz CT molecular complexity index is 1050. The fraction of sp³-hybridized carbons (Fsp3) is 0.318. The van der Waals surface area contributed by atoms with Crippen molar-refractivity contribution in [3.8, 4) is 0 Å². The summed E-state index contributed by atoms with van der Waals surface area (Å²) in [6, 6.07) is 14.7. The number of nitrogens with zero attached hydrogens (tertiary/aromatic N) is 3. The maximum absolute atomic E-state index is 13.3.